The number of rotatable bonds is 5. The van der Waals surface area contributed by atoms with E-state index >= 15 is 0 Å². The zero-order valence-corrected chi connectivity index (χ0v) is 8.99. The zero-order chi connectivity index (χ0) is 11.3. The minimum absolute atomic E-state index is 0.276. The standard InChI is InChI=1S/C10H15N3O2/c1-7(2)4-5-15-10-8(14-3)9(11)12-6-13-10/h6H,1,4-5H2,2-3H3,(H2,11,12,13). The van der Waals surface area contributed by atoms with Crippen LogP contribution in [0.1, 0.15) is 13.3 Å². The van der Waals surface area contributed by atoms with Crippen molar-refractivity contribution in [3.8, 4) is 11.6 Å². The molecule has 0 saturated heterocycles. The summed E-state index contributed by atoms with van der Waals surface area (Å²) in [6, 6.07) is 0. The lowest BCUT2D eigenvalue weighted by Crippen LogP contribution is -2.04. The smallest absolute Gasteiger partial charge is 0.262 e. The summed E-state index contributed by atoms with van der Waals surface area (Å²) in [7, 11) is 1.50. The summed E-state index contributed by atoms with van der Waals surface area (Å²) in [6.45, 7) is 6.22. The van der Waals surface area contributed by atoms with Gasteiger partial charge in [0.25, 0.3) is 5.88 Å². The van der Waals surface area contributed by atoms with Gasteiger partial charge in [-0.25, -0.2) is 4.98 Å². The molecular weight excluding hydrogens is 194 g/mol. The highest BCUT2D eigenvalue weighted by atomic mass is 16.5. The molecule has 0 atom stereocenters. The maximum atomic E-state index is 5.59. The number of methoxy groups -OCH3 is 1. The monoisotopic (exact) mass is 209 g/mol. The van der Waals surface area contributed by atoms with E-state index < -0.39 is 0 Å². The number of hydrogen-bond acceptors (Lipinski definition) is 5. The molecule has 2 N–H and O–H groups in total. The first-order valence-corrected chi connectivity index (χ1v) is 4.56. The minimum Gasteiger partial charge on any atom is -0.489 e. The second kappa shape index (κ2) is 5.19. The number of nitrogen functional groups attached to an aromatic ring is 1. The summed E-state index contributed by atoms with van der Waals surface area (Å²) >= 11 is 0. The van der Waals surface area contributed by atoms with Gasteiger partial charge in [0.2, 0.25) is 5.75 Å². The molecule has 0 aliphatic rings. The Kier molecular flexibility index (Phi) is 3.91. The fourth-order valence-electron chi connectivity index (χ4n) is 0.987. The van der Waals surface area contributed by atoms with E-state index in [4.69, 9.17) is 15.2 Å². The topological polar surface area (TPSA) is 70.3 Å². The Hall–Kier alpha value is -1.78. The molecule has 0 radical (unpaired) electrons. The van der Waals surface area contributed by atoms with Crippen LogP contribution < -0.4 is 15.2 Å². The largest absolute Gasteiger partial charge is 0.489 e. The van der Waals surface area contributed by atoms with Crippen LogP contribution in [0.3, 0.4) is 0 Å². The highest BCUT2D eigenvalue weighted by Gasteiger charge is 2.10. The van der Waals surface area contributed by atoms with Gasteiger partial charge in [-0.05, 0) is 6.92 Å². The first kappa shape index (κ1) is 11.3. The maximum Gasteiger partial charge on any atom is 0.262 e. The summed E-state index contributed by atoms with van der Waals surface area (Å²) in [5.41, 5.74) is 6.64. The molecule has 0 unspecified atom stereocenters. The van der Waals surface area contributed by atoms with Gasteiger partial charge in [0, 0.05) is 6.42 Å². The zero-order valence-electron chi connectivity index (χ0n) is 8.99. The number of aromatic nitrogens is 2. The molecule has 1 rings (SSSR count). The van der Waals surface area contributed by atoms with Crippen LogP contribution in [0, 0.1) is 0 Å². The van der Waals surface area contributed by atoms with E-state index in [9.17, 15) is 0 Å². The molecule has 0 amide bonds. The molecule has 0 spiro atoms. The van der Waals surface area contributed by atoms with Crippen LogP contribution in [0.25, 0.3) is 0 Å². The van der Waals surface area contributed by atoms with Crippen molar-refractivity contribution in [1.82, 2.24) is 9.97 Å². The van der Waals surface area contributed by atoms with Gasteiger partial charge in [-0.3, -0.25) is 0 Å². The molecule has 0 aliphatic carbocycles. The van der Waals surface area contributed by atoms with Crippen LogP contribution in [-0.2, 0) is 0 Å². The van der Waals surface area contributed by atoms with Crippen molar-refractivity contribution in [1.29, 1.82) is 0 Å². The second-order valence-corrected chi connectivity index (χ2v) is 3.15. The summed E-state index contributed by atoms with van der Waals surface area (Å²) in [6.07, 6.45) is 2.11. The van der Waals surface area contributed by atoms with Crippen molar-refractivity contribution >= 4 is 5.82 Å². The molecule has 1 aromatic heterocycles. The molecule has 0 fully saturated rings. The highest BCUT2D eigenvalue weighted by molar-refractivity contribution is 5.51. The van der Waals surface area contributed by atoms with Crippen LogP contribution in [0.15, 0.2) is 18.5 Å². The van der Waals surface area contributed by atoms with Crippen molar-refractivity contribution in [2.24, 2.45) is 0 Å². The van der Waals surface area contributed by atoms with Gasteiger partial charge in [-0.1, -0.05) is 5.57 Å². The van der Waals surface area contributed by atoms with Crippen molar-refractivity contribution in [3.63, 3.8) is 0 Å². The first-order valence-electron chi connectivity index (χ1n) is 4.56. The Morgan fingerprint density at radius 1 is 1.53 bits per heavy atom. The number of nitrogens with zero attached hydrogens (tertiary/aromatic N) is 2. The molecule has 82 valence electrons. The second-order valence-electron chi connectivity index (χ2n) is 3.15. The minimum atomic E-state index is 0.276. The molecule has 0 saturated carbocycles. The normalized spacial score (nSPS) is 9.73. The van der Waals surface area contributed by atoms with Gasteiger partial charge < -0.3 is 15.2 Å². The average molecular weight is 209 g/mol. The molecule has 15 heavy (non-hydrogen) atoms. The Morgan fingerprint density at radius 2 is 2.27 bits per heavy atom. The van der Waals surface area contributed by atoms with Gasteiger partial charge in [-0.2, -0.15) is 4.98 Å². The van der Waals surface area contributed by atoms with Crippen molar-refractivity contribution in [3.05, 3.63) is 18.5 Å². The first-order chi connectivity index (χ1) is 7.15. The Labute approximate surface area is 88.9 Å². The third-order valence-corrected chi connectivity index (χ3v) is 1.77. The quantitative estimate of drug-likeness (QED) is 0.742. The molecule has 5 heteroatoms. The van der Waals surface area contributed by atoms with Crippen LogP contribution in [0.4, 0.5) is 5.82 Å². The van der Waals surface area contributed by atoms with Crippen molar-refractivity contribution < 1.29 is 9.47 Å². The number of nitrogens with two attached hydrogens (primary N) is 1. The predicted molar refractivity (Wildman–Crippen MR) is 57.9 cm³/mol. The van der Waals surface area contributed by atoms with Crippen molar-refractivity contribution in [2.75, 3.05) is 19.5 Å². The lowest BCUT2D eigenvalue weighted by molar-refractivity contribution is 0.285. The van der Waals surface area contributed by atoms with Crippen LogP contribution >= 0.6 is 0 Å². The van der Waals surface area contributed by atoms with E-state index in [1.54, 1.807) is 0 Å². The fraction of sp³-hybridized carbons (Fsp3) is 0.400. The molecule has 0 aliphatic heterocycles. The predicted octanol–water partition coefficient (Wildman–Crippen LogP) is 1.41. The lowest BCUT2D eigenvalue weighted by Gasteiger charge is -2.09. The lowest BCUT2D eigenvalue weighted by atomic mass is 10.3. The molecule has 1 heterocycles. The van der Waals surface area contributed by atoms with Crippen LogP contribution in [-0.4, -0.2) is 23.7 Å². The van der Waals surface area contributed by atoms with Crippen LogP contribution in [0.5, 0.6) is 11.6 Å². The van der Waals surface area contributed by atoms with Gasteiger partial charge >= 0.3 is 0 Å². The summed E-state index contributed by atoms with van der Waals surface area (Å²) in [5.74, 6) is 1.02. The molecule has 0 aromatic carbocycles. The van der Waals surface area contributed by atoms with Gasteiger partial charge in [-0.15, -0.1) is 6.58 Å². The third kappa shape index (κ3) is 3.12. The summed E-state index contributed by atoms with van der Waals surface area (Å²) in [5, 5.41) is 0. The van der Waals surface area contributed by atoms with Gasteiger partial charge in [0.15, 0.2) is 5.82 Å². The van der Waals surface area contributed by atoms with E-state index in [0.29, 0.717) is 18.2 Å². The molecule has 5 nitrogen and oxygen atoms in total. The van der Waals surface area contributed by atoms with E-state index in [0.717, 1.165) is 12.0 Å². The Balaban J connectivity index is 2.67. The average Bonchev–Trinajstić information content (AvgIpc) is 2.17. The summed E-state index contributed by atoms with van der Waals surface area (Å²) in [4.78, 5) is 7.74. The van der Waals surface area contributed by atoms with Crippen LogP contribution in [0.2, 0.25) is 0 Å². The number of hydrogen-bond donors (Lipinski definition) is 1. The Bertz CT molecular complexity index is 353. The highest BCUT2D eigenvalue weighted by Crippen LogP contribution is 2.28. The third-order valence-electron chi connectivity index (χ3n) is 1.77. The Morgan fingerprint density at radius 3 is 2.87 bits per heavy atom. The molecule has 1 aromatic rings. The fourth-order valence-corrected chi connectivity index (χ4v) is 0.987. The van der Waals surface area contributed by atoms with E-state index in [1.807, 2.05) is 6.92 Å². The number of ether oxygens (including phenoxy) is 2. The summed E-state index contributed by atoms with van der Waals surface area (Å²) < 4.78 is 10.4. The van der Waals surface area contributed by atoms with Gasteiger partial charge in [0.1, 0.15) is 6.33 Å². The van der Waals surface area contributed by atoms with E-state index in [-0.39, 0.29) is 5.82 Å². The maximum absolute atomic E-state index is 5.59. The van der Waals surface area contributed by atoms with Crippen molar-refractivity contribution in [2.45, 2.75) is 13.3 Å². The van der Waals surface area contributed by atoms with E-state index in [2.05, 4.69) is 16.5 Å². The molecular formula is C10H15N3O2. The SMILES string of the molecule is C=C(C)CCOc1ncnc(N)c1OC. The van der Waals surface area contributed by atoms with E-state index in [1.165, 1.54) is 13.4 Å². The molecule has 0 bridgehead atoms. The number of anilines is 1. The van der Waals surface area contributed by atoms with Gasteiger partial charge in [0.05, 0.1) is 13.7 Å².